The molecule has 0 fully saturated rings. The largest absolute Gasteiger partial charge is 0.452 e. The van der Waals surface area contributed by atoms with E-state index in [2.05, 4.69) is 0 Å². The number of rotatable bonds is 6. The van der Waals surface area contributed by atoms with Crippen LogP contribution in [0.1, 0.15) is 50.2 Å². The molecule has 0 atom stereocenters. The number of nitrogens with zero attached hydrogens (tertiary/aromatic N) is 1. The van der Waals surface area contributed by atoms with E-state index in [-0.39, 0.29) is 42.7 Å². The number of aryl methyl sites for hydroxylation is 3. The number of esters is 1. The Morgan fingerprint density at radius 1 is 0.865 bits per heavy atom. The van der Waals surface area contributed by atoms with Gasteiger partial charge in [-0.2, -0.15) is 0 Å². The maximum atomic E-state index is 13.5. The van der Waals surface area contributed by atoms with E-state index >= 15 is 0 Å². The Bertz CT molecular complexity index is 1600. The third-order valence-electron chi connectivity index (χ3n) is 6.45. The van der Waals surface area contributed by atoms with E-state index in [1.807, 2.05) is 51.1 Å². The van der Waals surface area contributed by atoms with Gasteiger partial charge in [0.1, 0.15) is 5.58 Å². The van der Waals surface area contributed by atoms with Gasteiger partial charge in [0.25, 0.3) is 11.8 Å². The summed E-state index contributed by atoms with van der Waals surface area (Å²) in [4.78, 5) is 52.6. The van der Waals surface area contributed by atoms with Crippen molar-refractivity contribution >= 4 is 28.8 Å². The first-order valence-corrected chi connectivity index (χ1v) is 12.1. The lowest BCUT2D eigenvalue weighted by molar-refractivity contribution is -0.134. The van der Waals surface area contributed by atoms with Crippen molar-refractivity contribution in [1.82, 2.24) is 4.90 Å². The zero-order chi connectivity index (χ0) is 26.3. The number of benzene rings is 3. The standard InChI is InChI=1S/C30H25NO6/c1-17-10-12-20(13-11-17)27-28(25(33)23-16-18(2)15-19(3)26(23)37-27)36-24(32)9-6-14-31-29(34)21-7-4-5-8-22(21)30(31)35/h4-5,7-8,10-13,15-16H,6,9,14H2,1-3H3. The average Bonchev–Trinajstić information content (AvgIpc) is 3.11. The molecule has 3 aromatic carbocycles. The number of carbonyl (C=O) groups excluding carboxylic acids is 3. The second kappa shape index (κ2) is 9.50. The van der Waals surface area contributed by atoms with Crippen molar-refractivity contribution in [3.63, 3.8) is 0 Å². The Labute approximate surface area is 213 Å². The van der Waals surface area contributed by atoms with E-state index in [4.69, 9.17) is 9.15 Å². The van der Waals surface area contributed by atoms with Crippen LogP contribution in [0.15, 0.2) is 69.9 Å². The number of hydrogen-bond donors (Lipinski definition) is 0. The third-order valence-corrected chi connectivity index (χ3v) is 6.45. The van der Waals surface area contributed by atoms with Gasteiger partial charge in [-0.1, -0.05) is 48.0 Å². The summed E-state index contributed by atoms with van der Waals surface area (Å²) in [7, 11) is 0. The van der Waals surface area contributed by atoms with Gasteiger partial charge in [-0.3, -0.25) is 24.1 Å². The molecule has 1 aromatic heterocycles. The minimum Gasteiger partial charge on any atom is -0.452 e. The van der Waals surface area contributed by atoms with Gasteiger partial charge in [-0.05, 0) is 56.5 Å². The van der Waals surface area contributed by atoms with E-state index in [1.54, 1.807) is 30.3 Å². The van der Waals surface area contributed by atoms with E-state index in [1.165, 1.54) is 0 Å². The Morgan fingerprint density at radius 2 is 1.51 bits per heavy atom. The Kier molecular flexibility index (Phi) is 6.21. The van der Waals surface area contributed by atoms with Crippen molar-refractivity contribution in [2.24, 2.45) is 0 Å². The second-order valence-electron chi connectivity index (χ2n) is 9.30. The van der Waals surface area contributed by atoms with Gasteiger partial charge in [0.15, 0.2) is 5.76 Å². The van der Waals surface area contributed by atoms with Crippen LogP contribution in [0.2, 0.25) is 0 Å². The molecule has 37 heavy (non-hydrogen) atoms. The Morgan fingerprint density at radius 3 is 2.16 bits per heavy atom. The summed E-state index contributed by atoms with van der Waals surface area (Å²) in [6.07, 6.45) is 0.104. The highest BCUT2D eigenvalue weighted by molar-refractivity contribution is 6.21. The SMILES string of the molecule is Cc1ccc(-c2oc3c(C)cc(C)cc3c(=O)c2OC(=O)CCCN2C(=O)c3ccccc3C2=O)cc1. The number of imide groups is 1. The first kappa shape index (κ1) is 24.2. The lowest BCUT2D eigenvalue weighted by Gasteiger charge is -2.14. The highest BCUT2D eigenvalue weighted by Gasteiger charge is 2.34. The second-order valence-corrected chi connectivity index (χ2v) is 9.30. The number of ether oxygens (including phenoxy) is 1. The zero-order valence-corrected chi connectivity index (χ0v) is 20.8. The van der Waals surface area contributed by atoms with Crippen LogP contribution in [0.5, 0.6) is 5.75 Å². The van der Waals surface area contributed by atoms with Crippen LogP contribution < -0.4 is 10.2 Å². The summed E-state index contributed by atoms with van der Waals surface area (Å²) in [6.45, 7) is 5.76. The molecule has 5 rings (SSSR count). The fourth-order valence-electron chi connectivity index (χ4n) is 4.61. The minimum absolute atomic E-state index is 0.0665. The van der Waals surface area contributed by atoms with Crippen molar-refractivity contribution in [3.05, 3.63) is 98.7 Å². The predicted molar refractivity (Wildman–Crippen MR) is 139 cm³/mol. The lowest BCUT2D eigenvalue weighted by atomic mass is 10.0. The first-order chi connectivity index (χ1) is 17.7. The van der Waals surface area contributed by atoms with E-state index in [0.29, 0.717) is 27.7 Å². The molecule has 0 bridgehead atoms. The molecule has 0 saturated carbocycles. The molecule has 0 N–H and O–H groups in total. The molecule has 2 heterocycles. The van der Waals surface area contributed by atoms with Crippen LogP contribution in [-0.4, -0.2) is 29.2 Å². The molecular formula is C30H25NO6. The van der Waals surface area contributed by atoms with Crippen molar-refractivity contribution in [2.75, 3.05) is 6.54 Å². The van der Waals surface area contributed by atoms with Gasteiger partial charge in [-0.25, -0.2) is 0 Å². The number of hydrogen-bond acceptors (Lipinski definition) is 6. The topological polar surface area (TPSA) is 93.9 Å². The van der Waals surface area contributed by atoms with Gasteiger partial charge in [-0.15, -0.1) is 0 Å². The maximum absolute atomic E-state index is 13.5. The molecule has 0 saturated heterocycles. The smallest absolute Gasteiger partial charge is 0.311 e. The van der Waals surface area contributed by atoms with Crippen LogP contribution in [0.4, 0.5) is 0 Å². The van der Waals surface area contributed by atoms with E-state index < -0.39 is 11.4 Å². The van der Waals surface area contributed by atoms with Crippen molar-refractivity contribution in [1.29, 1.82) is 0 Å². The summed E-state index contributed by atoms with van der Waals surface area (Å²) in [5.41, 5.74) is 4.06. The Balaban J connectivity index is 1.40. The predicted octanol–water partition coefficient (Wildman–Crippen LogP) is 5.37. The molecule has 2 amide bonds. The summed E-state index contributed by atoms with van der Waals surface area (Å²) >= 11 is 0. The van der Waals surface area contributed by atoms with Gasteiger partial charge in [0.05, 0.1) is 16.5 Å². The summed E-state index contributed by atoms with van der Waals surface area (Å²) in [6, 6.07) is 17.7. The summed E-state index contributed by atoms with van der Waals surface area (Å²) < 4.78 is 11.8. The zero-order valence-electron chi connectivity index (χ0n) is 20.8. The van der Waals surface area contributed by atoms with E-state index in [0.717, 1.165) is 21.6 Å². The van der Waals surface area contributed by atoms with Crippen LogP contribution in [0.25, 0.3) is 22.3 Å². The van der Waals surface area contributed by atoms with Crippen molar-refractivity contribution in [2.45, 2.75) is 33.6 Å². The molecule has 1 aliphatic heterocycles. The van der Waals surface area contributed by atoms with Crippen molar-refractivity contribution in [3.8, 4) is 17.1 Å². The maximum Gasteiger partial charge on any atom is 0.311 e. The number of carbonyl (C=O) groups is 3. The lowest BCUT2D eigenvalue weighted by Crippen LogP contribution is -2.31. The molecule has 7 nitrogen and oxygen atoms in total. The molecule has 0 radical (unpaired) electrons. The first-order valence-electron chi connectivity index (χ1n) is 12.1. The third kappa shape index (κ3) is 4.44. The highest BCUT2D eigenvalue weighted by Crippen LogP contribution is 2.33. The molecule has 4 aromatic rings. The Hall–Kier alpha value is -4.52. The summed E-state index contributed by atoms with van der Waals surface area (Å²) in [5.74, 6) is -1.40. The molecule has 0 unspecified atom stereocenters. The number of amides is 2. The normalized spacial score (nSPS) is 12.8. The molecular weight excluding hydrogens is 470 g/mol. The van der Waals surface area contributed by atoms with Gasteiger partial charge in [0.2, 0.25) is 11.2 Å². The fraction of sp³-hybridized carbons (Fsp3) is 0.200. The van der Waals surface area contributed by atoms with Crippen molar-refractivity contribution < 1.29 is 23.5 Å². The van der Waals surface area contributed by atoms with Gasteiger partial charge in [0, 0.05) is 18.5 Å². The molecule has 1 aliphatic rings. The van der Waals surface area contributed by atoms with Crippen LogP contribution in [0, 0.1) is 20.8 Å². The van der Waals surface area contributed by atoms with Crippen LogP contribution in [-0.2, 0) is 4.79 Å². The monoisotopic (exact) mass is 495 g/mol. The molecule has 186 valence electrons. The minimum atomic E-state index is -0.652. The quantitative estimate of drug-likeness (QED) is 0.264. The van der Waals surface area contributed by atoms with Crippen LogP contribution in [0.3, 0.4) is 0 Å². The van der Waals surface area contributed by atoms with Gasteiger partial charge < -0.3 is 9.15 Å². The average molecular weight is 496 g/mol. The summed E-state index contributed by atoms with van der Waals surface area (Å²) in [5, 5.41) is 0.335. The van der Waals surface area contributed by atoms with Crippen LogP contribution >= 0.6 is 0 Å². The molecule has 7 heteroatoms. The molecule has 0 spiro atoms. The number of fused-ring (bicyclic) bond motifs is 2. The van der Waals surface area contributed by atoms with E-state index in [9.17, 15) is 19.2 Å². The molecule has 0 aliphatic carbocycles. The highest BCUT2D eigenvalue weighted by atomic mass is 16.5. The fourth-order valence-corrected chi connectivity index (χ4v) is 4.61. The van der Waals surface area contributed by atoms with Gasteiger partial charge >= 0.3 is 5.97 Å².